The van der Waals surface area contributed by atoms with Gasteiger partial charge in [-0.2, -0.15) is 0 Å². The third-order valence-electron chi connectivity index (χ3n) is 4.21. The molecular formula is C17H20N2O2S. The number of aromatic nitrogens is 1. The van der Waals surface area contributed by atoms with Crippen LogP contribution in [0.5, 0.6) is 5.75 Å². The lowest BCUT2D eigenvalue weighted by Gasteiger charge is -2.31. The van der Waals surface area contributed by atoms with Crippen molar-refractivity contribution in [2.45, 2.75) is 31.6 Å². The fraction of sp³-hybridized carbons (Fsp3) is 0.412. The fourth-order valence-corrected chi connectivity index (χ4v) is 3.69. The number of aryl methyl sites for hydroxylation is 1. The van der Waals surface area contributed by atoms with Crippen molar-refractivity contribution in [1.29, 1.82) is 0 Å². The van der Waals surface area contributed by atoms with Crippen LogP contribution < -0.4 is 0 Å². The summed E-state index contributed by atoms with van der Waals surface area (Å²) in [5.41, 5.74) is 1.09. The second-order valence-electron chi connectivity index (χ2n) is 5.69. The number of hydrogen-bond donors (Lipinski definition) is 1. The van der Waals surface area contributed by atoms with Crippen LogP contribution in [-0.4, -0.2) is 34.0 Å². The Balaban J connectivity index is 1.46. The number of hydrogen-bond acceptors (Lipinski definition) is 4. The van der Waals surface area contributed by atoms with Gasteiger partial charge in [-0.25, -0.2) is 4.98 Å². The van der Waals surface area contributed by atoms with Gasteiger partial charge in [0.1, 0.15) is 5.75 Å². The van der Waals surface area contributed by atoms with E-state index >= 15 is 0 Å². The molecule has 1 N–H and O–H groups in total. The maximum atomic E-state index is 12.3. The summed E-state index contributed by atoms with van der Waals surface area (Å²) in [4.78, 5) is 18.7. The molecule has 0 aliphatic carbocycles. The molecule has 1 aromatic carbocycles. The summed E-state index contributed by atoms with van der Waals surface area (Å²) >= 11 is 1.71. The first-order valence-corrected chi connectivity index (χ1v) is 8.55. The molecule has 22 heavy (non-hydrogen) atoms. The van der Waals surface area contributed by atoms with Gasteiger partial charge >= 0.3 is 0 Å². The van der Waals surface area contributed by atoms with Gasteiger partial charge < -0.3 is 10.0 Å². The van der Waals surface area contributed by atoms with Crippen LogP contribution in [0.1, 0.15) is 35.8 Å². The Morgan fingerprint density at radius 3 is 2.64 bits per heavy atom. The highest BCUT2D eigenvalue weighted by Crippen LogP contribution is 2.29. The quantitative estimate of drug-likeness (QED) is 0.942. The van der Waals surface area contributed by atoms with Crippen molar-refractivity contribution in [3.8, 4) is 5.75 Å². The predicted octanol–water partition coefficient (Wildman–Crippen LogP) is 3.19. The second kappa shape index (κ2) is 6.92. The number of carbonyl (C=O) groups is 1. The van der Waals surface area contributed by atoms with Gasteiger partial charge in [0, 0.05) is 37.0 Å². The van der Waals surface area contributed by atoms with Crippen LogP contribution >= 0.6 is 11.3 Å². The highest BCUT2D eigenvalue weighted by Gasteiger charge is 2.24. The smallest absolute Gasteiger partial charge is 0.222 e. The molecule has 0 atom stereocenters. The first-order valence-electron chi connectivity index (χ1n) is 7.67. The monoisotopic (exact) mass is 316 g/mol. The molecule has 2 heterocycles. The van der Waals surface area contributed by atoms with E-state index in [1.165, 1.54) is 5.01 Å². The molecule has 3 rings (SSSR count). The minimum Gasteiger partial charge on any atom is -0.508 e. The van der Waals surface area contributed by atoms with Gasteiger partial charge in [-0.3, -0.25) is 4.79 Å². The van der Waals surface area contributed by atoms with Crippen molar-refractivity contribution in [3.05, 3.63) is 46.4 Å². The van der Waals surface area contributed by atoms with Gasteiger partial charge in [0.05, 0.1) is 5.01 Å². The number of phenolic OH excluding ortho intramolecular Hbond substituents is 1. The Morgan fingerprint density at radius 2 is 2.00 bits per heavy atom. The van der Waals surface area contributed by atoms with Crippen molar-refractivity contribution in [2.24, 2.45) is 0 Å². The minimum atomic E-state index is 0.227. The van der Waals surface area contributed by atoms with E-state index in [1.54, 1.807) is 23.5 Å². The predicted molar refractivity (Wildman–Crippen MR) is 87.1 cm³/mol. The van der Waals surface area contributed by atoms with Crippen LogP contribution in [0, 0.1) is 0 Å². The Kier molecular flexibility index (Phi) is 4.73. The van der Waals surface area contributed by atoms with E-state index in [-0.39, 0.29) is 11.7 Å². The van der Waals surface area contributed by atoms with Gasteiger partial charge in [-0.15, -0.1) is 11.3 Å². The molecule has 2 aromatic rings. The van der Waals surface area contributed by atoms with Gasteiger partial charge in [0.25, 0.3) is 0 Å². The van der Waals surface area contributed by atoms with Crippen LogP contribution in [0.4, 0.5) is 0 Å². The van der Waals surface area contributed by atoms with Gasteiger partial charge in [-0.1, -0.05) is 12.1 Å². The molecule has 1 amide bonds. The highest BCUT2D eigenvalue weighted by atomic mass is 32.1. The molecule has 1 aliphatic rings. The summed E-state index contributed by atoms with van der Waals surface area (Å²) in [6.07, 6.45) is 5.14. The van der Waals surface area contributed by atoms with Crippen LogP contribution in [0.3, 0.4) is 0 Å². The number of rotatable bonds is 4. The van der Waals surface area contributed by atoms with Crippen LogP contribution in [0.25, 0.3) is 0 Å². The topological polar surface area (TPSA) is 53.4 Å². The van der Waals surface area contributed by atoms with Gasteiger partial charge in [0.2, 0.25) is 5.91 Å². The van der Waals surface area contributed by atoms with Crippen molar-refractivity contribution in [3.63, 3.8) is 0 Å². The summed E-state index contributed by atoms with van der Waals surface area (Å²) in [5, 5.41) is 12.5. The Hall–Kier alpha value is -1.88. The number of likely N-dealkylation sites (tertiary alicyclic amines) is 1. The summed E-state index contributed by atoms with van der Waals surface area (Å²) in [6, 6.07) is 7.08. The average molecular weight is 316 g/mol. The number of aromatic hydroxyl groups is 1. The van der Waals surface area contributed by atoms with E-state index in [0.29, 0.717) is 12.3 Å². The molecular weight excluding hydrogens is 296 g/mol. The number of phenols is 1. The second-order valence-corrected chi connectivity index (χ2v) is 6.62. The SMILES string of the molecule is O=C(CCc1ccc(O)cc1)N1CCC(c2nccs2)CC1. The zero-order valence-electron chi connectivity index (χ0n) is 12.4. The molecule has 1 aromatic heterocycles. The summed E-state index contributed by atoms with van der Waals surface area (Å²) in [7, 11) is 0. The Bertz CT molecular complexity index is 602. The van der Waals surface area contributed by atoms with Crippen molar-refractivity contribution >= 4 is 17.2 Å². The number of benzene rings is 1. The van der Waals surface area contributed by atoms with Crippen LogP contribution in [0.2, 0.25) is 0 Å². The highest BCUT2D eigenvalue weighted by molar-refractivity contribution is 7.09. The van der Waals surface area contributed by atoms with Crippen molar-refractivity contribution in [1.82, 2.24) is 9.88 Å². The van der Waals surface area contributed by atoms with E-state index in [0.717, 1.165) is 37.9 Å². The first-order chi connectivity index (χ1) is 10.7. The lowest BCUT2D eigenvalue weighted by Crippen LogP contribution is -2.38. The van der Waals surface area contributed by atoms with E-state index in [9.17, 15) is 9.90 Å². The lowest BCUT2D eigenvalue weighted by molar-refractivity contribution is -0.132. The standard InChI is InChI=1S/C17H20N2O2S/c20-15-4-1-13(2-5-15)3-6-16(21)19-10-7-14(8-11-19)17-18-9-12-22-17/h1-2,4-5,9,12,14,20H,3,6-8,10-11H2. The van der Waals surface area contributed by atoms with Gasteiger partial charge in [0.15, 0.2) is 0 Å². The molecule has 5 heteroatoms. The number of nitrogens with zero attached hydrogens (tertiary/aromatic N) is 2. The molecule has 0 spiro atoms. The third-order valence-corrected chi connectivity index (χ3v) is 5.15. The summed E-state index contributed by atoms with van der Waals surface area (Å²) < 4.78 is 0. The molecule has 1 saturated heterocycles. The average Bonchev–Trinajstić information content (AvgIpc) is 3.09. The van der Waals surface area contributed by atoms with Crippen molar-refractivity contribution in [2.75, 3.05) is 13.1 Å². The van der Waals surface area contributed by atoms with E-state index in [4.69, 9.17) is 0 Å². The zero-order valence-corrected chi connectivity index (χ0v) is 13.3. The number of piperidine rings is 1. The number of carbonyl (C=O) groups excluding carboxylic acids is 1. The molecule has 1 fully saturated rings. The maximum absolute atomic E-state index is 12.3. The molecule has 116 valence electrons. The summed E-state index contributed by atoms with van der Waals surface area (Å²) in [6.45, 7) is 1.66. The molecule has 0 radical (unpaired) electrons. The number of amides is 1. The van der Waals surface area contributed by atoms with E-state index < -0.39 is 0 Å². The summed E-state index contributed by atoms with van der Waals surface area (Å²) in [5.74, 6) is 1.01. The molecule has 4 nitrogen and oxygen atoms in total. The fourth-order valence-electron chi connectivity index (χ4n) is 2.88. The Morgan fingerprint density at radius 1 is 1.27 bits per heavy atom. The normalized spacial score (nSPS) is 15.9. The van der Waals surface area contributed by atoms with E-state index in [2.05, 4.69) is 4.98 Å². The largest absolute Gasteiger partial charge is 0.508 e. The molecule has 0 bridgehead atoms. The number of thiazole rings is 1. The van der Waals surface area contributed by atoms with E-state index in [1.807, 2.05) is 28.6 Å². The molecule has 0 unspecified atom stereocenters. The third kappa shape index (κ3) is 3.65. The van der Waals surface area contributed by atoms with Crippen LogP contribution in [-0.2, 0) is 11.2 Å². The van der Waals surface area contributed by atoms with Gasteiger partial charge in [-0.05, 0) is 37.0 Å². The first kappa shape index (κ1) is 15.0. The lowest BCUT2D eigenvalue weighted by atomic mass is 9.97. The zero-order chi connectivity index (χ0) is 15.4. The molecule has 0 saturated carbocycles. The van der Waals surface area contributed by atoms with Crippen LogP contribution in [0.15, 0.2) is 35.8 Å². The minimum absolute atomic E-state index is 0.227. The maximum Gasteiger partial charge on any atom is 0.222 e. The molecule has 1 aliphatic heterocycles. The Labute approximate surface area is 134 Å². The van der Waals surface area contributed by atoms with Crippen molar-refractivity contribution < 1.29 is 9.90 Å².